The molecule has 7 heteroatoms. The number of para-hydroxylation sites is 1. The highest BCUT2D eigenvalue weighted by molar-refractivity contribution is 14.0. The lowest BCUT2D eigenvalue weighted by Gasteiger charge is -2.38. The van der Waals surface area contributed by atoms with E-state index in [0.717, 1.165) is 29.7 Å². The van der Waals surface area contributed by atoms with Crippen LogP contribution in [0.4, 0.5) is 0 Å². The first-order valence-corrected chi connectivity index (χ1v) is 8.95. The summed E-state index contributed by atoms with van der Waals surface area (Å²) in [6.45, 7) is 6.98. The Hall–Kier alpha value is -1.35. The summed E-state index contributed by atoms with van der Waals surface area (Å²) in [5.74, 6) is 1.73. The van der Waals surface area contributed by atoms with Gasteiger partial charge in [0.05, 0.1) is 17.6 Å². The molecule has 0 aliphatic carbocycles. The topological polar surface area (TPSA) is 58.5 Å². The van der Waals surface area contributed by atoms with Gasteiger partial charge >= 0.3 is 0 Å². The van der Waals surface area contributed by atoms with E-state index in [1.165, 1.54) is 10.4 Å². The van der Waals surface area contributed by atoms with Crippen molar-refractivity contribution in [2.75, 3.05) is 7.05 Å². The summed E-state index contributed by atoms with van der Waals surface area (Å²) in [6, 6.07) is 8.37. The van der Waals surface area contributed by atoms with Crippen molar-refractivity contribution < 1.29 is 4.74 Å². The van der Waals surface area contributed by atoms with Crippen LogP contribution in [0.5, 0.6) is 5.75 Å². The molecule has 1 atom stereocenters. The molecule has 0 saturated carbocycles. The molecule has 0 bridgehead atoms. The first-order valence-electron chi connectivity index (χ1n) is 8.13. The van der Waals surface area contributed by atoms with Crippen molar-refractivity contribution in [2.24, 2.45) is 4.99 Å². The fraction of sp³-hybridized carbons (Fsp3) is 0.444. The minimum atomic E-state index is -0.209. The second kappa shape index (κ2) is 8.35. The van der Waals surface area contributed by atoms with Crippen molar-refractivity contribution in [3.05, 3.63) is 45.9 Å². The Kier molecular flexibility index (Phi) is 6.67. The van der Waals surface area contributed by atoms with Crippen LogP contribution < -0.4 is 15.4 Å². The van der Waals surface area contributed by atoms with E-state index in [9.17, 15) is 0 Å². The van der Waals surface area contributed by atoms with Crippen LogP contribution in [0.3, 0.4) is 0 Å². The quantitative estimate of drug-likeness (QED) is 0.402. The van der Waals surface area contributed by atoms with E-state index in [2.05, 4.69) is 40.5 Å². The number of aryl methyl sites for hydroxylation is 1. The summed E-state index contributed by atoms with van der Waals surface area (Å²) < 4.78 is 6.09. The molecule has 0 spiro atoms. The molecule has 2 N–H and O–H groups in total. The predicted octanol–water partition coefficient (Wildman–Crippen LogP) is 4.04. The third-order valence-corrected chi connectivity index (χ3v) is 4.92. The van der Waals surface area contributed by atoms with Gasteiger partial charge in [0, 0.05) is 30.1 Å². The van der Waals surface area contributed by atoms with E-state index >= 15 is 0 Å². The van der Waals surface area contributed by atoms with E-state index in [1.807, 2.05) is 31.3 Å². The molecule has 136 valence electrons. The number of guanidine groups is 1. The van der Waals surface area contributed by atoms with Crippen LogP contribution >= 0.6 is 35.3 Å². The number of ether oxygens (including phenoxy) is 1. The van der Waals surface area contributed by atoms with Crippen LogP contribution in [0.1, 0.15) is 41.8 Å². The van der Waals surface area contributed by atoms with Gasteiger partial charge in [0.15, 0.2) is 5.96 Å². The number of aromatic nitrogens is 1. The van der Waals surface area contributed by atoms with Gasteiger partial charge in [-0.15, -0.1) is 35.3 Å². The normalized spacial score (nSPS) is 18.6. The molecule has 1 unspecified atom stereocenters. The molecule has 0 radical (unpaired) electrons. The predicted molar refractivity (Wildman–Crippen MR) is 114 cm³/mol. The Morgan fingerprint density at radius 3 is 2.84 bits per heavy atom. The maximum Gasteiger partial charge on any atom is 0.191 e. The van der Waals surface area contributed by atoms with Crippen LogP contribution in [0, 0.1) is 6.92 Å². The van der Waals surface area contributed by atoms with Gasteiger partial charge in [-0.1, -0.05) is 18.2 Å². The monoisotopic (exact) mass is 472 g/mol. The molecule has 1 aliphatic heterocycles. The van der Waals surface area contributed by atoms with Crippen LogP contribution in [0.15, 0.2) is 35.5 Å². The minimum Gasteiger partial charge on any atom is -0.487 e. The Labute approximate surface area is 170 Å². The number of halogens is 1. The molecule has 0 amide bonds. The highest BCUT2D eigenvalue weighted by atomic mass is 127. The summed E-state index contributed by atoms with van der Waals surface area (Å²) in [5, 5.41) is 7.99. The average molecular weight is 472 g/mol. The van der Waals surface area contributed by atoms with Gasteiger partial charge in [-0.25, -0.2) is 4.98 Å². The number of nitrogens with zero attached hydrogens (tertiary/aromatic N) is 2. The van der Waals surface area contributed by atoms with Crippen molar-refractivity contribution in [3.8, 4) is 5.75 Å². The van der Waals surface area contributed by atoms with E-state index in [0.29, 0.717) is 0 Å². The highest BCUT2D eigenvalue weighted by Crippen LogP contribution is 2.39. The van der Waals surface area contributed by atoms with Crippen LogP contribution in [0.2, 0.25) is 0 Å². The van der Waals surface area contributed by atoms with Crippen molar-refractivity contribution in [1.82, 2.24) is 15.6 Å². The fourth-order valence-corrected chi connectivity index (χ4v) is 3.68. The van der Waals surface area contributed by atoms with Crippen LogP contribution in [-0.2, 0) is 6.54 Å². The molecule has 25 heavy (non-hydrogen) atoms. The zero-order valence-corrected chi connectivity index (χ0v) is 18.1. The van der Waals surface area contributed by atoms with Gasteiger partial charge in [-0.3, -0.25) is 4.99 Å². The summed E-state index contributed by atoms with van der Waals surface area (Å²) in [5.41, 5.74) is 0.966. The Morgan fingerprint density at radius 2 is 2.16 bits per heavy atom. The number of hydrogen-bond donors (Lipinski definition) is 2. The van der Waals surface area contributed by atoms with Crippen molar-refractivity contribution >= 4 is 41.3 Å². The number of hydrogen-bond acceptors (Lipinski definition) is 4. The number of thiazole rings is 1. The molecule has 0 saturated heterocycles. The fourth-order valence-electron chi connectivity index (χ4n) is 2.95. The maximum atomic E-state index is 6.09. The maximum absolute atomic E-state index is 6.09. The molecule has 2 heterocycles. The standard InChI is InChI=1S/C18H24N4OS.HI/c1-12-20-10-13(24-12)11-21-17(19-4)22-15-9-18(2,3)23-16-8-6-5-7-14(15)16;/h5-8,10,15H,9,11H2,1-4H3,(H2,19,21,22);1H. The lowest BCUT2D eigenvalue weighted by Crippen LogP contribution is -2.45. The van der Waals surface area contributed by atoms with Gasteiger partial charge < -0.3 is 15.4 Å². The summed E-state index contributed by atoms with van der Waals surface area (Å²) in [4.78, 5) is 9.85. The van der Waals surface area contributed by atoms with Crippen LogP contribution in [-0.4, -0.2) is 23.6 Å². The zero-order chi connectivity index (χ0) is 17.2. The molecular weight excluding hydrogens is 447 g/mol. The second-order valence-electron chi connectivity index (χ2n) is 6.57. The minimum absolute atomic E-state index is 0. The van der Waals surface area contributed by atoms with Crippen molar-refractivity contribution in [1.29, 1.82) is 0 Å². The lowest BCUT2D eigenvalue weighted by atomic mass is 9.90. The van der Waals surface area contributed by atoms with Gasteiger partial charge in [0.1, 0.15) is 11.4 Å². The first kappa shape index (κ1) is 20.0. The summed E-state index contributed by atoms with van der Waals surface area (Å²) >= 11 is 1.70. The zero-order valence-electron chi connectivity index (χ0n) is 15.0. The molecule has 1 aliphatic rings. The Balaban J connectivity index is 0.00000225. The molecule has 2 aromatic rings. The molecule has 1 aromatic carbocycles. The van der Waals surface area contributed by atoms with Gasteiger partial charge in [0.25, 0.3) is 0 Å². The lowest BCUT2D eigenvalue weighted by molar-refractivity contribution is 0.0694. The summed E-state index contributed by atoms with van der Waals surface area (Å²) in [7, 11) is 1.80. The average Bonchev–Trinajstić information content (AvgIpc) is 2.95. The molecule has 1 aromatic heterocycles. The number of aliphatic imine (C=N–C) groups is 1. The Morgan fingerprint density at radius 1 is 1.40 bits per heavy atom. The summed E-state index contributed by atoms with van der Waals surface area (Å²) in [6.07, 6.45) is 2.79. The van der Waals surface area contributed by atoms with Gasteiger partial charge in [-0.05, 0) is 26.8 Å². The highest BCUT2D eigenvalue weighted by Gasteiger charge is 2.33. The largest absolute Gasteiger partial charge is 0.487 e. The molecule has 5 nitrogen and oxygen atoms in total. The van der Waals surface area contributed by atoms with Crippen molar-refractivity contribution in [3.63, 3.8) is 0 Å². The first-order chi connectivity index (χ1) is 11.5. The SMILES string of the molecule is CN=C(NCc1cnc(C)s1)NC1CC(C)(C)Oc2ccccc21.I. The van der Waals surface area contributed by atoms with Gasteiger partial charge in [-0.2, -0.15) is 0 Å². The smallest absolute Gasteiger partial charge is 0.191 e. The molecule has 0 fully saturated rings. The van der Waals surface area contributed by atoms with E-state index in [1.54, 1.807) is 18.4 Å². The second-order valence-corrected chi connectivity index (χ2v) is 7.89. The third-order valence-electron chi connectivity index (χ3n) is 4.01. The number of fused-ring (bicyclic) bond motifs is 1. The van der Waals surface area contributed by atoms with Crippen LogP contribution in [0.25, 0.3) is 0 Å². The van der Waals surface area contributed by atoms with E-state index in [-0.39, 0.29) is 35.6 Å². The number of benzene rings is 1. The van der Waals surface area contributed by atoms with Crippen molar-refractivity contribution in [2.45, 2.75) is 45.4 Å². The molecule has 3 rings (SSSR count). The number of rotatable bonds is 3. The molecular formula is C18H25IN4OS. The third kappa shape index (κ3) is 5.07. The van der Waals surface area contributed by atoms with E-state index < -0.39 is 0 Å². The number of nitrogens with one attached hydrogen (secondary N) is 2. The van der Waals surface area contributed by atoms with Gasteiger partial charge in [0.2, 0.25) is 0 Å². The Bertz CT molecular complexity index is 744. The van der Waals surface area contributed by atoms with E-state index in [4.69, 9.17) is 4.74 Å².